The summed E-state index contributed by atoms with van der Waals surface area (Å²) in [5.74, 6) is -0.0406. The zero-order valence-corrected chi connectivity index (χ0v) is 18.7. The van der Waals surface area contributed by atoms with Gasteiger partial charge in [0.25, 0.3) is 5.91 Å². The van der Waals surface area contributed by atoms with Gasteiger partial charge in [-0.15, -0.1) is 0 Å². The zero-order chi connectivity index (χ0) is 21.9. The maximum Gasteiger partial charge on any atom is 0.308 e. The topological polar surface area (TPSA) is 93.7 Å². The number of esters is 1. The summed E-state index contributed by atoms with van der Waals surface area (Å²) < 4.78 is 11.4. The number of halogens is 2. The molecule has 0 aromatic heterocycles. The molecule has 0 bridgehead atoms. The third kappa shape index (κ3) is 8.42. The predicted molar refractivity (Wildman–Crippen MR) is 117 cm³/mol. The Labute approximate surface area is 188 Å². The third-order valence-corrected chi connectivity index (χ3v) is 4.58. The first-order valence-corrected chi connectivity index (χ1v) is 10.4. The third-order valence-electron chi connectivity index (χ3n) is 3.79. The number of carbonyl (C=O) groups is 3. The van der Waals surface area contributed by atoms with Gasteiger partial charge in [-0.25, -0.2) is 0 Å². The van der Waals surface area contributed by atoms with E-state index in [0.717, 1.165) is 4.47 Å². The number of ether oxygens (including phenoxy) is 2. The van der Waals surface area contributed by atoms with Crippen LogP contribution in [0, 0.1) is 0 Å². The van der Waals surface area contributed by atoms with Gasteiger partial charge in [-0.05, 0) is 42.8 Å². The molecule has 0 saturated heterocycles. The first kappa shape index (κ1) is 23.7. The predicted octanol–water partition coefficient (Wildman–Crippen LogP) is 3.73. The van der Waals surface area contributed by atoms with Crippen molar-refractivity contribution in [2.75, 3.05) is 19.7 Å². The molecule has 0 unspecified atom stereocenters. The zero-order valence-electron chi connectivity index (χ0n) is 16.4. The van der Waals surface area contributed by atoms with Crippen LogP contribution in [0.5, 0.6) is 11.5 Å². The molecule has 2 aromatic carbocycles. The van der Waals surface area contributed by atoms with Gasteiger partial charge in [-0.3, -0.25) is 14.4 Å². The van der Waals surface area contributed by atoms with E-state index in [9.17, 15) is 14.4 Å². The molecule has 0 atom stereocenters. The minimum atomic E-state index is -0.458. The molecule has 2 amide bonds. The van der Waals surface area contributed by atoms with E-state index in [1.807, 2.05) is 6.07 Å². The fourth-order valence-corrected chi connectivity index (χ4v) is 3.17. The van der Waals surface area contributed by atoms with Gasteiger partial charge in [0, 0.05) is 36.5 Å². The van der Waals surface area contributed by atoms with Crippen molar-refractivity contribution in [3.8, 4) is 11.5 Å². The van der Waals surface area contributed by atoms with E-state index in [2.05, 4.69) is 26.6 Å². The molecule has 2 rings (SSSR count). The first-order chi connectivity index (χ1) is 14.3. The van der Waals surface area contributed by atoms with Crippen molar-refractivity contribution in [2.45, 2.75) is 19.8 Å². The van der Waals surface area contributed by atoms with Gasteiger partial charge in [0.15, 0.2) is 0 Å². The molecule has 160 valence electrons. The Kier molecular flexibility index (Phi) is 9.63. The van der Waals surface area contributed by atoms with E-state index in [-0.39, 0.29) is 18.4 Å². The highest BCUT2D eigenvalue weighted by atomic mass is 79.9. The molecule has 2 N–H and O–H groups in total. The SMILES string of the molecule is CC(=O)Oc1cccc(C(=O)NCCNC(=O)CCCOc2ccc(Br)cc2Cl)c1. The lowest BCUT2D eigenvalue weighted by Crippen LogP contribution is -2.34. The van der Waals surface area contributed by atoms with Crippen LogP contribution >= 0.6 is 27.5 Å². The second-order valence-electron chi connectivity index (χ2n) is 6.25. The van der Waals surface area contributed by atoms with Gasteiger partial charge < -0.3 is 20.1 Å². The van der Waals surface area contributed by atoms with Crippen LogP contribution in [-0.4, -0.2) is 37.5 Å². The number of carbonyl (C=O) groups excluding carboxylic acids is 3. The quantitative estimate of drug-likeness (QED) is 0.296. The number of benzene rings is 2. The van der Waals surface area contributed by atoms with Crippen LogP contribution in [0.15, 0.2) is 46.9 Å². The largest absolute Gasteiger partial charge is 0.492 e. The second-order valence-corrected chi connectivity index (χ2v) is 7.58. The van der Waals surface area contributed by atoms with Crippen molar-refractivity contribution in [1.82, 2.24) is 10.6 Å². The van der Waals surface area contributed by atoms with E-state index in [1.54, 1.807) is 30.3 Å². The maximum atomic E-state index is 12.1. The van der Waals surface area contributed by atoms with Gasteiger partial charge in [-0.1, -0.05) is 33.6 Å². The Hall–Kier alpha value is -2.58. The molecule has 0 heterocycles. The normalized spacial score (nSPS) is 10.2. The summed E-state index contributed by atoms with van der Waals surface area (Å²) in [5.41, 5.74) is 0.365. The molecule has 0 spiro atoms. The highest BCUT2D eigenvalue weighted by molar-refractivity contribution is 9.10. The number of nitrogens with one attached hydrogen (secondary N) is 2. The van der Waals surface area contributed by atoms with Gasteiger partial charge in [0.2, 0.25) is 5.91 Å². The Balaban J connectivity index is 1.61. The molecule has 7 nitrogen and oxygen atoms in total. The lowest BCUT2D eigenvalue weighted by molar-refractivity contribution is -0.131. The molecule has 0 aliphatic heterocycles. The summed E-state index contributed by atoms with van der Waals surface area (Å²) in [6, 6.07) is 11.6. The van der Waals surface area contributed by atoms with Gasteiger partial charge in [0.1, 0.15) is 11.5 Å². The van der Waals surface area contributed by atoms with Crippen LogP contribution in [0.4, 0.5) is 0 Å². The van der Waals surface area contributed by atoms with E-state index in [4.69, 9.17) is 21.1 Å². The summed E-state index contributed by atoms with van der Waals surface area (Å²) in [6.07, 6.45) is 0.833. The fraction of sp³-hybridized carbons (Fsp3) is 0.286. The van der Waals surface area contributed by atoms with Crippen molar-refractivity contribution < 1.29 is 23.9 Å². The lowest BCUT2D eigenvalue weighted by Gasteiger charge is -2.09. The first-order valence-electron chi connectivity index (χ1n) is 9.26. The minimum Gasteiger partial charge on any atom is -0.492 e. The summed E-state index contributed by atoms with van der Waals surface area (Å²) in [5, 5.41) is 5.93. The molecule has 0 radical (unpaired) electrons. The highest BCUT2D eigenvalue weighted by Gasteiger charge is 2.08. The number of amides is 2. The lowest BCUT2D eigenvalue weighted by atomic mass is 10.2. The van der Waals surface area contributed by atoms with Crippen LogP contribution in [0.25, 0.3) is 0 Å². The van der Waals surface area contributed by atoms with E-state index in [1.165, 1.54) is 13.0 Å². The van der Waals surface area contributed by atoms with Gasteiger partial charge in [-0.2, -0.15) is 0 Å². The van der Waals surface area contributed by atoms with Crippen LogP contribution in [0.3, 0.4) is 0 Å². The van der Waals surface area contributed by atoms with Gasteiger partial charge >= 0.3 is 5.97 Å². The fourth-order valence-electron chi connectivity index (χ4n) is 2.44. The average Bonchev–Trinajstić information content (AvgIpc) is 2.69. The summed E-state index contributed by atoms with van der Waals surface area (Å²) in [6.45, 7) is 2.22. The second kappa shape index (κ2) is 12.2. The number of hydrogen-bond acceptors (Lipinski definition) is 5. The molecule has 30 heavy (non-hydrogen) atoms. The van der Waals surface area contributed by atoms with Gasteiger partial charge in [0.05, 0.1) is 11.6 Å². The van der Waals surface area contributed by atoms with Crippen LogP contribution in [0.2, 0.25) is 5.02 Å². The van der Waals surface area contributed by atoms with Crippen molar-refractivity contribution in [3.63, 3.8) is 0 Å². The van der Waals surface area contributed by atoms with E-state index in [0.29, 0.717) is 48.1 Å². The molecule has 9 heteroatoms. The standard InChI is InChI=1S/C21H22BrClN2O5/c1-14(26)30-17-5-2-4-15(12-17)21(28)25-10-9-24-20(27)6-3-11-29-19-8-7-16(22)13-18(19)23/h2,4-5,7-8,12-13H,3,6,9-11H2,1H3,(H,24,27)(H,25,28). The smallest absolute Gasteiger partial charge is 0.308 e. The monoisotopic (exact) mass is 496 g/mol. The summed E-state index contributed by atoms with van der Waals surface area (Å²) >= 11 is 9.39. The average molecular weight is 498 g/mol. The highest BCUT2D eigenvalue weighted by Crippen LogP contribution is 2.27. The summed E-state index contributed by atoms with van der Waals surface area (Å²) in [4.78, 5) is 35.0. The maximum absolute atomic E-state index is 12.1. The minimum absolute atomic E-state index is 0.133. The molecule has 0 fully saturated rings. The Bertz CT molecular complexity index is 907. The summed E-state index contributed by atoms with van der Waals surface area (Å²) in [7, 11) is 0. The molecular weight excluding hydrogens is 476 g/mol. The molecule has 2 aromatic rings. The molecule has 0 saturated carbocycles. The molecule has 0 aliphatic carbocycles. The molecule has 0 aliphatic rings. The number of hydrogen-bond donors (Lipinski definition) is 2. The molecular formula is C21H22BrClN2O5. The number of rotatable bonds is 10. The van der Waals surface area contributed by atoms with Crippen molar-refractivity contribution in [1.29, 1.82) is 0 Å². The Morgan fingerprint density at radius 1 is 1.07 bits per heavy atom. The Morgan fingerprint density at radius 3 is 2.57 bits per heavy atom. The Morgan fingerprint density at radius 2 is 1.83 bits per heavy atom. The van der Waals surface area contributed by atoms with E-state index < -0.39 is 5.97 Å². The van der Waals surface area contributed by atoms with Crippen LogP contribution < -0.4 is 20.1 Å². The van der Waals surface area contributed by atoms with Crippen molar-refractivity contribution in [3.05, 3.63) is 57.5 Å². The van der Waals surface area contributed by atoms with Crippen LogP contribution in [-0.2, 0) is 9.59 Å². The van der Waals surface area contributed by atoms with Crippen molar-refractivity contribution in [2.24, 2.45) is 0 Å². The van der Waals surface area contributed by atoms with Crippen LogP contribution in [0.1, 0.15) is 30.1 Å². The van der Waals surface area contributed by atoms with Crippen molar-refractivity contribution >= 4 is 45.3 Å². The van der Waals surface area contributed by atoms with E-state index >= 15 is 0 Å².